The van der Waals surface area contributed by atoms with E-state index in [2.05, 4.69) is 14.8 Å². The van der Waals surface area contributed by atoms with Crippen molar-refractivity contribution in [1.82, 2.24) is 9.29 Å². The molecule has 0 saturated heterocycles. The first-order chi connectivity index (χ1) is 13.0. The third-order valence-corrected chi connectivity index (χ3v) is 5.41. The molecule has 1 aliphatic carbocycles. The van der Waals surface area contributed by atoms with Crippen LogP contribution in [0.5, 0.6) is 0 Å². The van der Waals surface area contributed by atoms with Crippen molar-refractivity contribution in [3.63, 3.8) is 0 Å². The molecule has 1 aliphatic rings. The third kappa shape index (κ3) is 4.06. The van der Waals surface area contributed by atoms with Crippen molar-refractivity contribution in [2.75, 3.05) is 10.0 Å². The number of aromatic nitrogens is 1. The smallest absolute Gasteiger partial charge is 0.343 e. The predicted molar refractivity (Wildman–Crippen MR) is 97.1 cm³/mol. The molecular formula is C16H14ClF5N4OS. The van der Waals surface area contributed by atoms with Crippen LogP contribution in [-0.2, 0) is 7.05 Å². The third-order valence-electron chi connectivity index (χ3n) is 4.21. The van der Waals surface area contributed by atoms with Gasteiger partial charge in [0, 0.05) is 37.1 Å². The van der Waals surface area contributed by atoms with E-state index in [0.717, 1.165) is 12.1 Å². The Morgan fingerprint density at radius 2 is 1.93 bits per heavy atom. The van der Waals surface area contributed by atoms with Gasteiger partial charge in [-0.05, 0) is 25.0 Å². The van der Waals surface area contributed by atoms with Gasteiger partial charge in [-0.3, -0.25) is 4.79 Å². The first-order valence-corrected chi connectivity index (χ1v) is 9.10. The Hall–Kier alpha value is -1.98. The van der Waals surface area contributed by atoms with E-state index in [1.807, 2.05) is 0 Å². The van der Waals surface area contributed by atoms with Crippen molar-refractivity contribution in [1.29, 1.82) is 0 Å². The van der Waals surface area contributed by atoms with Crippen molar-refractivity contribution < 1.29 is 26.7 Å². The largest absolute Gasteiger partial charge is 0.407 e. The van der Waals surface area contributed by atoms with Crippen LogP contribution in [-0.4, -0.2) is 22.2 Å². The van der Waals surface area contributed by atoms with Crippen LogP contribution in [0, 0.1) is 11.6 Å². The number of alkyl halides is 3. The fourth-order valence-electron chi connectivity index (χ4n) is 2.44. The molecule has 1 heterocycles. The summed E-state index contributed by atoms with van der Waals surface area (Å²) in [6.45, 7) is 0. The van der Waals surface area contributed by atoms with Gasteiger partial charge < -0.3 is 14.6 Å². The van der Waals surface area contributed by atoms with Crippen LogP contribution in [0.4, 0.5) is 33.3 Å². The van der Waals surface area contributed by atoms with E-state index in [-0.39, 0.29) is 34.9 Å². The minimum absolute atomic E-state index is 0.00791. The van der Waals surface area contributed by atoms with Crippen LogP contribution < -0.4 is 14.8 Å². The molecule has 2 aromatic rings. The number of nitrogens with one attached hydrogen (secondary N) is 3. The highest BCUT2D eigenvalue weighted by atomic mass is 35.5. The zero-order valence-corrected chi connectivity index (χ0v) is 15.8. The molecule has 0 atom stereocenters. The van der Waals surface area contributed by atoms with E-state index < -0.39 is 29.3 Å². The fraction of sp³-hybridized carbons (Fsp3) is 0.312. The van der Waals surface area contributed by atoms with Crippen LogP contribution in [0.2, 0.25) is 5.02 Å². The summed E-state index contributed by atoms with van der Waals surface area (Å²) in [5.41, 5.74) is -1.69. The summed E-state index contributed by atoms with van der Waals surface area (Å²) in [5, 5.41) is 2.35. The maximum Gasteiger partial charge on any atom is 0.407 e. The van der Waals surface area contributed by atoms with E-state index in [0.29, 0.717) is 12.1 Å². The lowest BCUT2D eigenvalue weighted by Crippen LogP contribution is -2.41. The second-order valence-corrected chi connectivity index (χ2v) is 7.28. The molecule has 1 saturated carbocycles. The molecule has 5 nitrogen and oxygen atoms in total. The van der Waals surface area contributed by atoms with E-state index in [1.54, 1.807) is 0 Å². The molecule has 1 aromatic heterocycles. The number of nitrogens with zero attached hydrogens (tertiary/aromatic N) is 1. The molecule has 1 fully saturated rings. The second-order valence-electron chi connectivity index (χ2n) is 6.29. The van der Waals surface area contributed by atoms with Crippen LogP contribution in [0.15, 0.2) is 24.4 Å². The van der Waals surface area contributed by atoms with E-state index in [1.165, 1.54) is 23.9 Å². The quantitative estimate of drug-likeness (QED) is 0.443. The minimum Gasteiger partial charge on any atom is -0.343 e. The van der Waals surface area contributed by atoms with E-state index >= 15 is 0 Å². The average Bonchev–Trinajstić information content (AvgIpc) is 3.33. The molecule has 1 amide bonds. The SMILES string of the molecule is Cn1cc(NSNC2(C(F)(F)F)CC2)c(Cl)c1C(=O)Nc1ccc(F)c(F)c1. The molecular weight excluding hydrogens is 427 g/mol. The molecule has 0 aliphatic heterocycles. The highest BCUT2D eigenvalue weighted by Crippen LogP contribution is 2.50. The summed E-state index contributed by atoms with van der Waals surface area (Å²) in [5.74, 6) is -2.88. The Balaban J connectivity index is 1.67. The average molecular weight is 441 g/mol. The summed E-state index contributed by atoms with van der Waals surface area (Å²) in [4.78, 5) is 12.4. The van der Waals surface area contributed by atoms with Crippen molar-refractivity contribution in [3.05, 3.63) is 46.7 Å². The number of hydrogen-bond acceptors (Lipinski definition) is 4. The van der Waals surface area contributed by atoms with Gasteiger partial charge in [0.15, 0.2) is 11.6 Å². The van der Waals surface area contributed by atoms with Gasteiger partial charge in [-0.25, -0.2) is 13.5 Å². The monoisotopic (exact) mass is 440 g/mol. The number of carbonyl (C=O) groups excluding carboxylic acids is 1. The van der Waals surface area contributed by atoms with E-state index in [9.17, 15) is 26.7 Å². The van der Waals surface area contributed by atoms with Crippen molar-refractivity contribution in [3.8, 4) is 0 Å². The lowest BCUT2D eigenvalue weighted by atomic mass is 10.3. The lowest BCUT2D eigenvalue weighted by molar-refractivity contribution is -0.160. The topological polar surface area (TPSA) is 58.1 Å². The van der Waals surface area contributed by atoms with Gasteiger partial charge >= 0.3 is 6.18 Å². The molecule has 3 rings (SSSR count). The molecule has 0 spiro atoms. The zero-order valence-electron chi connectivity index (χ0n) is 14.3. The maximum absolute atomic E-state index is 13.3. The van der Waals surface area contributed by atoms with E-state index in [4.69, 9.17) is 11.6 Å². The lowest BCUT2D eigenvalue weighted by Gasteiger charge is -2.19. The molecule has 3 N–H and O–H groups in total. The number of hydrogen-bond donors (Lipinski definition) is 3. The second kappa shape index (κ2) is 7.45. The first-order valence-electron chi connectivity index (χ1n) is 7.91. The highest BCUT2D eigenvalue weighted by Gasteiger charge is 2.63. The van der Waals surface area contributed by atoms with Crippen molar-refractivity contribution in [2.24, 2.45) is 7.05 Å². The van der Waals surface area contributed by atoms with Crippen LogP contribution in [0.25, 0.3) is 0 Å². The Labute approximate surface area is 165 Å². The van der Waals surface area contributed by atoms with Gasteiger partial charge in [0.25, 0.3) is 5.91 Å². The Kier molecular flexibility index (Phi) is 5.52. The highest BCUT2D eigenvalue weighted by molar-refractivity contribution is 7.98. The molecule has 28 heavy (non-hydrogen) atoms. The van der Waals surface area contributed by atoms with Gasteiger partial charge in [-0.1, -0.05) is 11.6 Å². The minimum atomic E-state index is -4.36. The summed E-state index contributed by atoms with van der Waals surface area (Å²) in [7, 11) is 1.51. The van der Waals surface area contributed by atoms with Crippen molar-refractivity contribution in [2.45, 2.75) is 24.6 Å². The standard InChI is InChI=1S/C16H14ClF5N4OS/c1-26-7-11(24-28-25-15(4-5-15)16(20,21)22)12(17)13(26)14(27)23-8-2-3-9(18)10(19)6-8/h2-3,6-7,24-25H,4-5H2,1H3,(H,23,27). The van der Waals surface area contributed by atoms with Gasteiger partial charge in [-0.15, -0.1) is 0 Å². The van der Waals surface area contributed by atoms with Crippen LogP contribution in [0.3, 0.4) is 0 Å². The first kappa shape index (κ1) is 20.7. The maximum atomic E-state index is 13.3. The van der Waals surface area contributed by atoms with Gasteiger partial charge in [0.1, 0.15) is 11.2 Å². The molecule has 152 valence electrons. The number of anilines is 2. The molecule has 0 bridgehead atoms. The summed E-state index contributed by atoms with van der Waals surface area (Å²) < 4.78 is 71.3. The summed E-state index contributed by atoms with van der Waals surface area (Å²) >= 11 is 6.78. The summed E-state index contributed by atoms with van der Waals surface area (Å²) in [6.07, 6.45) is -2.98. The fourth-order valence-corrected chi connectivity index (χ4v) is 3.64. The number of benzene rings is 1. The van der Waals surface area contributed by atoms with Crippen LogP contribution >= 0.6 is 23.7 Å². The predicted octanol–water partition coefficient (Wildman–Crippen LogP) is 4.87. The Bertz CT molecular complexity index is 913. The van der Waals surface area contributed by atoms with Crippen LogP contribution in [0.1, 0.15) is 23.3 Å². The number of amides is 1. The Morgan fingerprint density at radius 3 is 2.50 bits per heavy atom. The number of rotatable bonds is 6. The summed E-state index contributed by atoms with van der Waals surface area (Å²) in [6, 6.07) is 2.86. The molecule has 12 heteroatoms. The number of aryl methyl sites for hydroxylation is 1. The number of halogens is 6. The normalized spacial score (nSPS) is 15.4. The Morgan fingerprint density at radius 1 is 1.25 bits per heavy atom. The van der Waals surface area contributed by atoms with Gasteiger partial charge in [0.2, 0.25) is 0 Å². The van der Waals surface area contributed by atoms with Gasteiger partial charge in [-0.2, -0.15) is 13.2 Å². The molecule has 0 radical (unpaired) electrons. The van der Waals surface area contributed by atoms with Crippen molar-refractivity contribution >= 4 is 41.0 Å². The molecule has 0 unspecified atom stereocenters. The zero-order chi connectivity index (χ0) is 20.7. The molecule has 1 aromatic carbocycles. The van der Waals surface area contributed by atoms with Gasteiger partial charge in [0.05, 0.1) is 10.7 Å². The number of carbonyl (C=O) groups is 1.